The Morgan fingerprint density at radius 1 is 1.38 bits per heavy atom. The molecule has 1 aliphatic rings. The zero-order chi connectivity index (χ0) is 16.7. The van der Waals surface area contributed by atoms with Crippen molar-refractivity contribution in [1.82, 2.24) is 20.3 Å². The first-order valence-electron chi connectivity index (χ1n) is 7.50. The number of nitrogens with zero attached hydrogens (tertiary/aromatic N) is 3. The molecular formula is C16H14N4O3S. The van der Waals surface area contributed by atoms with E-state index in [1.807, 2.05) is 6.07 Å². The van der Waals surface area contributed by atoms with Crippen LogP contribution in [0.15, 0.2) is 36.7 Å². The number of aromatic carboxylic acids is 1. The average Bonchev–Trinajstić information content (AvgIpc) is 3.02. The molecule has 2 heterocycles. The zero-order valence-electron chi connectivity index (χ0n) is 12.6. The summed E-state index contributed by atoms with van der Waals surface area (Å²) in [6.45, 7) is 0.481. The Morgan fingerprint density at radius 2 is 2.21 bits per heavy atom. The van der Waals surface area contributed by atoms with E-state index in [4.69, 9.17) is 0 Å². The molecule has 4 rings (SSSR count). The minimum atomic E-state index is -0.992. The van der Waals surface area contributed by atoms with E-state index in [-0.39, 0.29) is 17.0 Å². The van der Waals surface area contributed by atoms with Crippen molar-refractivity contribution in [3.63, 3.8) is 0 Å². The molecule has 1 fully saturated rings. The van der Waals surface area contributed by atoms with Crippen LogP contribution in [0.1, 0.15) is 32.9 Å². The van der Waals surface area contributed by atoms with Gasteiger partial charge >= 0.3 is 5.97 Å². The number of carbonyl (C=O) groups excluding carboxylic acids is 1. The molecule has 1 amide bonds. The van der Waals surface area contributed by atoms with Crippen LogP contribution in [-0.4, -0.2) is 38.5 Å². The van der Waals surface area contributed by atoms with E-state index >= 15 is 0 Å². The Labute approximate surface area is 140 Å². The molecule has 8 heteroatoms. The molecule has 0 bridgehead atoms. The second-order valence-electron chi connectivity index (χ2n) is 5.89. The highest BCUT2D eigenvalue weighted by molar-refractivity contribution is 7.20. The van der Waals surface area contributed by atoms with Crippen LogP contribution in [0.3, 0.4) is 0 Å². The first-order chi connectivity index (χ1) is 11.6. The van der Waals surface area contributed by atoms with Gasteiger partial charge in [0.1, 0.15) is 0 Å². The standard InChI is InChI=1S/C16H14N4O3S/c21-14(17-9-16(4-5-16)20-7-6-18-19-20)13-8-11-10(15(22)23)2-1-3-12(11)24-13/h1-3,6-8H,4-5,9H2,(H,17,21)(H,22,23). The van der Waals surface area contributed by atoms with Crippen molar-refractivity contribution >= 4 is 33.3 Å². The molecule has 1 aromatic carbocycles. The Morgan fingerprint density at radius 3 is 2.88 bits per heavy atom. The van der Waals surface area contributed by atoms with E-state index in [9.17, 15) is 14.7 Å². The monoisotopic (exact) mass is 342 g/mol. The molecule has 3 aromatic rings. The summed E-state index contributed by atoms with van der Waals surface area (Å²) >= 11 is 1.30. The van der Waals surface area contributed by atoms with Crippen LogP contribution < -0.4 is 5.32 Å². The molecule has 2 aromatic heterocycles. The summed E-state index contributed by atoms with van der Waals surface area (Å²) in [5.41, 5.74) is 0.0405. The number of fused-ring (bicyclic) bond motifs is 1. The molecule has 0 aliphatic heterocycles. The Hall–Kier alpha value is -2.74. The lowest BCUT2D eigenvalue weighted by molar-refractivity contribution is 0.0698. The molecule has 0 atom stereocenters. The first kappa shape index (κ1) is 14.8. The van der Waals surface area contributed by atoms with Gasteiger partial charge in [-0.05, 0) is 31.0 Å². The molecule has 0 unspecified atom stereocenters. The predicted octanol–water partition coefficient (Wildman–Crippen LogP) is 2.11. The van der Waals surface area contributed by atoms with E-state index in [1.54, 1.807) is 35.3 Å². The normalized spacial score (nSPS) is 15.3. The minimum absolute atomic E-state index is 0.172. The van der Waals surface area contributed by atoms with Crippen molar-refractivity contribution in [2.75, 3.05) is 6.54 Å². The van der Waals surface area contributed by atoms with E-state index in [1.165, 1.54) is 11.3 Å². The first-order valence-corrected chi connectivity index (χ1v) is 8.32. The summed E-state index contributed by atoms with van der Waals surface area (Å²) in [5, 5.41) is 20.6. The van der Waals surface area contributed by atoms with Crippen molar-refractivity contribution < 1.29 is 14.7 Å². The third-order valence-electron chi connectivity index (χ3n) is 4.33. The number of carboxylic acid groups (broad SMARTS) is 1. The number of hydrogen-bond acceptors (Lipinski definition) is 5. The van der Waals surface area contributed by atoms with Crippen LogP contribution in [-0.2, 0) is 5.54 Å². The predicted molar refractivity (Wildman–Crippen MR) is 88.3 cm³/mol. The van der Waals surface area contributed by atoms with Gasteiger partial charge in [0.05, 0.1) is 22.2 Å². The lowest BCUT2D eigenvalue weighted by Crippen LogP contribution is -2.35. The summed E-state index contributed by atoms with van der Waals surface area (Å²) < 4.78 is 2.58. The van der Waals surface area contributed by atoms with Crippen LogP contribution in [0.2, 0.25) is 0 Å². The van der Waals surface area contributed by atoms with Gasteiger partial charge in [-0.3, -0.25) is 4.79 Å². The molecule has 122 valence electrons. The molecule has 2 N–H and O–H groups in total. The Bertz CT molecular complexity index is 928. The summed E-state index contributed by atoms with van der Waals surface area (Å²) in [6.07, 6.45) is 5.33. The van der Waals surface area contributed by atoms with Gasteiger partial charge in [-0.2, -0.15) is 0 Å². The number of rotatable bonds is 5. The molecular weight excluding hydrogens is 328 g/mol. The third-order valence-corrected chi connectivity index (χ3v) is 5.43. The fraction of sp³-hybridized carbons (Fsp3) is 0.250. The highest BCUT2D eigenvalue weighted by Crippen LogP contribution is 2.42. The summed E-state index contributed by atoms with van der Waals surface area (Å²) in [5.74, 6) is -1.19. The topological polar surface area (TPSA) is 97.1 Å². The van der Waals surface area contributed by atoms with Gasteiger partial charge in [-0.15, -0.1) is 16.4 Å². The SMILES string of the molecule is O=C(NCC1(n2ccnn2)CC1)c1cc2c(C(=O)O)cccc2s1. The Kier molecular flexibility index (Phi) is 3.34. The second kappa shape index (κ2) is 5.41. The lowest BCUT2D eigenvalue weighted by Gasteiger charge is -2.15. The van der Waals surface area contributed by atoms with E-state index in [0.717, 1.165) is 17.5 Å². The number of amides is 1. The van der Waals surface area contributed by atoms with Crippen LogP contribution in [0.25, 0.3) is 10.1 Å². The number of nitrogens with one attached hydrogen (secondary N) is 1. The van der Waals surface area contributed by atoms with Crippen molar-refractivity contribution in [3.05, 3.63) is 47.1 Å². The van der Waals surface area contributed by atoms with Gasteiger partial charge in [-0.25, -0.2) is 9.48 Å². The Balaban J connectivity index is 1.54. The smallest absolute Gasteiger partial charge is 0.336 e. The van der Waals surface area contributed by atoms with Crippen molar-refractivity contribution in [3.8, 4) is 0 Å². The van der Waals surface area contributed by atoms with Crippen LogP contribution in [0.4, 0.5) is 0 Å². The maximum Gasteiger partial charge on any atom is 0.336 e. The molecule has 1 saturated carbocycles. The van der Waals surface area contributed by atoms with Gasteiger partial charge in [0, 0.05) is 22.8 Å². The lowest BCUT2D eigenvalue weighted by atomic mass is 10.1. The third kappa shape index (κ3) is 2.44. The molecule has 7 nitrogen and oxygen atoms in total. The van der Waals surface area contributed by atoms with Crippen molar-refractivity contribution in [2.24, 2.45) is 0 Å². The summed E-state index contributed by atoms with van der Waals surface area (Å²) in [6, 6.07) is 6.70. The van der Waals surface area contributed by atoms with E-state index in [0.29, 0.717) is 16.8 Å². The number of benzene rings is 1. The maximum absolute atomic E-state index is 12.4. The maximum atomic E-state index is 12.4. The van der Waals surface area contributed by atoms with Gasteiger partial charge in [-0.1, -0.05) is 11.3 Å². The molecule has 1 aliphatic carbocycles. The van der Waals surface area contributed by atoms with Crippen molar-refractivity contribution in [1.29, 1.82) is 0 Å². The largest absolute Gasteiger partial charge is 0.478 e. The van der Waals surface area contributed by atoms with Crippen LogP contribution >= 0.6 is 11.3 Å². The quantitative estimate of drug-likeness (QED) is 0.740. The number of aromatic nitrogens is 3. The molecule has 0 radical (unpaired) electrons. The highest BCUT2D eigenvalue weighted by atomic mass is 32.1. The summed E-state index contributed by atoms with van der Waals surface area (Å²) in [7, 11) is 0. The van der Waals surface area contributed by atoms with Gasteiger partial charge < -0.3 is 10.4 Å². The number of carbonyl (C=O) groups is 2. The van der Waals surface area contributed by atoms with Gasteiger partial charge in [0.2, 0.25) is 0 Å². The average molecular weight is 342 g/mol. The minimum Gasteiger partial charge on any atom is -0.478 e. The second-order valence-corrected chi connectivity index (χ2v) is 6.97. The fourth-order valence-electron chi connectivity index (χ4n) is 2.78. The molecule has 0 saturated heterocycles. The molecule has 24 heavy (non-hydrogen) atoms. The van der Waals surface area contributed by atoms with E-state index in [2.05, 4.69) is 15.6 Å². The number of thiophene rings is 1. The number of carboxylic acids is 1. The number of hydrogen-bond donors (Lipinski definition) is 2. The van der Waals surface area contributed by atoms with Gasteiger partial charge in [0.15, 0.2) is 0 Å². The fourth-order valence-corrected chi connectivity index (χ4v) is 3.79. The van der Waals surface area contributed by atoms with Crippen LogP contribution in [0, 0.1) is 0 Å². The summed E-state index contributed by atoms with van der Waals surface area (Å²) in [4.78, 5) is 24.2. The highest BCUT2D eigenvalue weighted by Gasteiger charge is 2.45. The molecule has 0 spiro atoms. The van der Waals surface area contributed by atoms with Crippen molar-refractivity contribution in [2.45, 2.75) is 18.4 Å². The van der Waals surface area contributed by atoms with Gasteiger partial charge in [0.25, 0.3) is 5.91 Å². The van der Waals surface area contributed by atoms with Crippen LogP contribution in [0.5, 0.6) is 0 Å². The zero-order valence-corrected chi connectivity index (χ0v) is 13.4. The van der Waals surface area contributed by atoms with E-state index < -0.39 is 5.97 Å².